The molecule has 1 aromatic heterocycles. The van der Waals surface area contributed by atoms with Gasteiger partial charge < -0.3 is 10.1 Å². The topological polar surface area (TPSA) is 110 Å². The summed E-state index contributed by atoms with van der Waals surface area (Å²) < 4.78 is 6.46. The van der Waals surface area contributed by atoms with Crippen molar-refractivity contribution >= 4 is 29.2 Å². The molecule has 1 amide bonds. The van der Waals surface area contributed by atoms with Gasteiger partial charge in [-0.25, -0.2) is 14.5 Å². The molecule has 134 valence electrons. The number of halogens is 1. The van der Waals surface area contributed by atoms with Crippen molar-refractivity contribution in [3.8, 4) is 11.8 Å². The average Bonchev–Trinajstić information content (AvgIpc) is 3.20. The number of nitrogens with zero attached hydrogens (tertiary/aromatic N) is 4. The van der Waals surface area contributed by atoms with Crippen molar-refractivity contribution in [3.05, 3.63) is 71.3 Å². The molecule has 0 aliphatic rings. The minimum Gasteiger partial charge on any atom is -0.452 e. The molecule has 0 saturated carbocycles. The summed E-state index contributed by atoms with van der Waals surface area (Å²) in [6.45, 7) is -0.501. The number of aromatic nitrogens is 3. The number of nitriles is 1. The number of carbonyl (C=O) groups is 2. The molecule has 9 heteroatoms. The number of hydrogen-bond acceptors (Lipinski definition) is 6. The van der Waals surface area contributed by atoms with Crippen LogP contribution in [0.3, 0.4) is 0 Å². The second-order valence-electron chi connectivity index (χ2n) is 5.32. The van der Waals surface area contributed by atoms with E-state index >= 15 is 0 Å². The van der Waals surface area contributed by atoms with Crippen molar-refractivity contribution in [1.29, 1.82) is 5.26 Å². The standard InChI is InChI=1S/C18H12ClN5O3/c19-14-4-5-16(24-11-21-10-22-24)15(7-14)23-17(25)9-27-18(26)13-3-1-2-12(6-13)8-20/h1-7,10-11H,9H2,(H,23,25). The quantitative estimate of drug-likeness (QED) is 0.680. The average molecular weight is 382 g/mol. The van der Waals surface area contributed by atoms with Crippen molar-refractivity contribution in [1.82, 2.24) is 14.8 Å². The van der Waals surface area contributed by atoms with Gasteiger partial charge in [0.1, 0.15) is 12.7 Å². The first-order valence-corrected chi connectivity index (χ1v) is 8.06. The molecule has 0 aliphatic carbocycles. The maximum absolute atomic E-state index is 12.2. The Morgan fingerprint density at radius 2 is 2.11 bits per heavy atom. The van der Waals surface area contributed by atoms with E-state index in [0.29, 0.717) is 22.0 Å². The van der Waals surface area contributed by atoms with Crippen LogP contribution in [0.1, 0.15) is 15.9 Å². The maximum atomic E-state index is 12.2. The van der Waals surface area contributed by atoms with E-state index in [2.05, 4.69) is 15.4 Å². The normalized spacial score (nSPS) is 10.1. The number of benzene rings is 2. The molecule has 27 heavy (non-hydrogen) atoms. The van der Waals surface area contributed by atoms with Gasteiger partial charge in [-0.3, -0.25) is 4.79 Å². The van der Waals surface area contributed by atoms with Crippen LogP contribution >= 0.6 is 11.6 Å². The van der Waals surface area contributed by atoms with Gasteiger partial charge in [-0.05, 0) is 36.4 Å². The Kier molecular flexibility index (Phi) is 5.44. The van der Waals surface area contributed by atoms with Gasteiger partial charge in [-0.15, -0.1) is 0 Å². The Bertz CT molecular complexity index is 1030. The van der Waals surface area contributed by atoms with Gasteiger partial charge in [-0.2, -0.15) is 10.4 Å². The van der Waals surface area contributed by atoms with Crippen LogP contribution in [-0.2, 0) is 9.53 Å². The van der Waals surface area contributed by atoms with Crippen molar-refractivity contribution in [2.75, 3.05) is 11.9 Å². The van der Waals surface area contributed by atoms with Gasteiger partial charge >= 0.3 is 5.97 Å². The van der Waals surface area contributed by atoms with E-state index in [1.165, 1.54) is 29.5 Å². The molecule has 3 aromatic rings. The van der Waals surface area contributed by atoms with Crippen LogP contribution < -0.4 is 5.32 Å². The number of amides is 1. The fourth-order valence-electron chi connectivity index (χ4n) is 2.26. The molecule has 2 aromatic carbocycles. The van der Waals surface area contributed by atoms with Crippen molar-refractivity contribution in [3.63, 3.8) is 0 Å². The van der Waals surface area contributed by atoms with E-state index in [-0.39, 0.29) is 5.56 Å². The Balaban J connectivity index is 1.67. The number of nitrogens with one attached hydrogen (secondary N) is 1. The lowest BCUT2D eigenvalue weighted by Gasteiger charge is -2.11. The minimum atomic E-state index is -0.704. The third-order valence-corrected chi connectivity index (χ3v) is 3.70. The molecule has 0 atom stereocenters. The first-order chi connectivity index (χ1) is 13.1. The van der Waals surface area contributed by atoms with Crippen molar-refractivity contribution in [2.24, 2.45) is 0 Å². The van der Waals surface area contributed by atoms with E-state index in [9.17, 15) is 9.59 Å². The fraction of sp³-hybridized carbons (Fsp3) is 0.0556. The molecule has 1 heterocycles. The minimum absolute atomic E-state index is 0.188. The SMILES string of the molecule is N#Cc1cccc(C(=O)OCC(=O)Nc2cc(Cl)ccc2-n2cncn2)c1. The molecule has 3 rings (SSSR count). The number of carbonyl (C=O) groups excluding carboxylic acids is 2. The molecule has 0 spiro atoms. The summed E-state index contributed by atoms with van der Waals surface area (Å²) in [6.07, 6.45) is 2.83. The maximum Gasteiger partial charge on any atom is 0.338 e. The van der Waals surface area contributed by atoms with Gasteiger partial charge in [-0.1, -0.05) is 17.7 Å². The highest BCUT2D eigenvalue weighted by atomic mass is 35.5. The summed E-state index contributed by atoms with van der Waals surface area (Å²) in [4.78, 5) is 28.1. The number of esters is 1. The van der Waals surface area contributed by atoms with Gasteiger partial charge in [0.25, 0.3) is 5.91 Å². The van der Waals surface area contributed by atoms with Crippen LogP contribution in [0, 0.1) is 11.3 Å². The van der Waals surface area contributed by atoms with E-state index in [1.807, 2.05) is 6.07 Å². The van der Waals surface area contributed by atoms with Gasteiger partial charge in [0, 0.05) is 5.02 Å². The van der Waals surface area contributed by atoms with Crippen LogP contribution in [0.5, 0.6) is 0 Å². The van der Waals surface area contributed by atoms with Crippen LogP contribution in [-0.4, -0.2) is 33.2 Å². The Hall–Kier alpha value is -3.70. The monoisotopic (exact) mass is 381 g/mol. The highest BCUT2D eigenvalue weighted by Gasteiger charge is 2.13. The molecule has 0 aliphatic heterocycles. The van der Waals surface area contributed by atoms with E-state index in [4.69, 9.17) is 21.6 Å². The third-order valence-electron chi connectivity index (χ3n) is 3.46. The number of anilines is 1. The predicted molar refractivity (Wildman–Crippen MR) is 96.4 cm³/mol. The highest BCUT2D eigenvalue weighted by Crippen LogP contribution is 2.23. The summed E-state index contributed by atoms with van der Waals surface area (Å²) >= 11 is 5.99. The zero-order valence-electron chi connectivity index (χ0n) is 13.8. The Morgan fingerprint density at radius 3 is 2.85 bits per heavy atom. The van der Waals surface area contributed by atoms with Crippen LogP contribution in [0.2, 0.25) is 5.02 Å². The van der Waals surface area contributed by atoms with E-state index in [0.717, 1.165) is 0 Å². The summed E-state index contributed by atoms with van der Waals surface area (Å²) in [5.74, 6) is -1.26. The fourth-order valence-corrected chi connectivity index (χ4v) is 2.43. The molecule has 0 bridgehead atoms. The second kappa shape index (κ2) is 8.12. The van der Waals surface area contributed by atoms with Crippen LogP contribution in [0.25, 0.3) is 5.69 Å². The molecular weight excluding hydrogens is 370 g/mol. The largest absolute Gasteiger partial charge is 0.452 e. The molecule has 0 radical (unpaired) electrons. The number of rotatable bonds is 5. The molecule has 0 fully saturated rings. The zero-order chi connectivity index (χ0) is 19.2. The Labute approximate surface area is 159 Å². The second-order valence-corrected chi connectivity index (χ2v) is 5.75. The molecular formula is C18H12ClN5O3. The van der Waals surface area contributed by atoms with Crippen molar-refractivity contribution in [2.45, 2.75) is 0 Å². The molecule has 0 saturated heterocycles. The lowest BCUT2D eigenvalue weighted by molar-refractivity contribution is -0.119. The summed E-state index contributed by atoms with van der Waals surface area (Å²) in [7, 11) is 0. The molecule has 1 N–H and O–H groups in total. The summed E-state index contributed by atoms with van der Waals surface area (Å²) in [5, 5.41) is 15.9. The summed E-state index contributed by atoms with van der Waals surface area (Å²) in [5.41, 5.74) is 1.46. The lowest BCUT2D eigenvalue weighted by atomic mass is 10.1. The lowest BCUT2D eigenvalue weighted by Crippen LogP contribution is -2.21. The van der Waals surface area contributed by atoms with Gasteiger partial charge in [0.05, 0.1) is 28.6 Å². The Morgan fingerprint density at radius 1 is 1.26 bits per heavy atom. The van der Waals surface area contributed by atoms with E-state index < -0.39 is 18.5 Å². The van der Waals surface area contributed by atoms with E-state index in [1.54, 1.807) is 30.3 Å². The van der Waals surface area contributed by atoms with Gasteiger partial charge in [0.15, 0.2) is 6.61 Å². The third kappa shape index (κ3) is 4.48. The predicted octanol–water partition coefficient (Wildman–Crippen LogP) is 2.59. The highest BCUT2D eigenvalue weighted by molar-refractivity contribution is 6.31. The van der Waals surface area contributed by atoms with Crippen LogP contribution in [0.4, 0.5) is 5.69 Å². The first-order valence-electron chi connectivity index (χ1n) is 7.68. The smallest absolute Gasteiger partial charge is 0.338 e. The van der Waals surface area contributed by atoms with Crippen molar-refractivity contribution < 1.29 is 14.3 Å². The summed E-state index contributed by atoms with van der Waals surface area (Å²) in [6, 6.07) is 12.8. The molecule has 0 unspecified atom stereocenters. The van der Waals surface area contributed by atoms with Gasteiger partial charge in [0.2, 0.25) is 0 Å². The zero-order valence-corrected chi connectivity index (χ0v) is 14.6. The van der Waals surface area contributed by atoms with Crippen LogP contribution in [0.15, 0.2) is 55.1 Å². The molecule has 8 nitrogen and oxygen atoms in total. The number of hydrogen-bond donors (Lipinski definition) is 1. The first kappa shape index (κ1) is 18.1. The number of ether oxygens (including phenoxy) is 1.